The second-order valence-electron chi connectivity index (χ2n) is 6.25. The molecule has 1 amide bonds. The number of amides is 1. The summed E-state index contributed by atoms with van der Waals surface area (Å²) in [6.07, 6.45) is 1.51. The van der Waals surface area contributed by atoms with Crippen LogP contribution in [0.15, 0.2) is 27.6 Å². The number of hydrogen-bond donors (Lipinski definition) is 2. The monoisotopic (exact) mass is 383 g/mol. The smallest absolute Gasteiger partial charge is 0.266 e. The van der Waals surface area contributed by atoms with Gasteiger partial charge in [0.15, 0.2) is 11.6 Å². The molecule has 4 aromatic rings. The van der Waals surface area contributed by atoms with Gasteiger partial charge in [-0.3, -0.25) is 14.3 Å². The van der Waals surface area contributed by atoms with Crippen LogP contribution in [-0.4, -0.2) is 25.7 Å². The lowest BCUT2D eigenvalue weighted by Crippen LogP contribution is -2.13. The molecule has 27 heavy (non-hydrogen) atoms. The van der Waals surface area contributed by atoms with Crippen LogP contribution in [0.4, 0.5) is 5.69 Å². The summed E-state index contributed by atoms with van der Waals surface area (Å²) >= 11 is 1.18. The molecule has 0 spiro atoms. The van der Waals surface area contributed by atoms with Crippen LogP contribution in [0.3, 0.4) is 0 Å². The summed E-state index contributed by atoms with van der Waals surface area (Å²) in [5.74, 6) is 0.519. The molecule has 0 saturated heterocycles. The van der Waals surface area contributed by atoms with Crippen molar-refractivity contribution in [1.82, 2.24) is 19.7 Å². The molecule has 4 rings (SSSR count). The van der Waals surface area contributed by atoms with E-state index in [1.165, 1.54) is 17.6 Å². The molecule has 0 bridgehead atoms. The van der Waals surface area contributed by atoms with Gasteiger partial charge in [-0.2, -0.15) is 5.10 Å². The largest absolute Gasteiger partial charge is 0.461 e. The maximum atomic E-state index is 12.8. The first kappa shape index (κ1) is 17.2. The third-order valence-electron chi connectivity index (χ3n) is 4.51. The number of fused-ring (bicyclic) bond motifs is 1. The highest BCUT2D eigenvalue weighted by Crippen LogP contribution is 2.30. The van der Waals surface area contributed by atoms with E-state index in [0.29, 0.717) is 37.9 Å². The van der Waals surface area contributed by atoms with Crippen molar-refractivity contribution in [2.75, 3.05) is 5.32 Å². The van der Waals surface area contributed by atoms with Gasteiger partial charge in [-0.05, 0) is 38.5 Å². The first-order chi connectivity index (χ1) is 12.9. The molecule has 4 aromatic heterocycles. The molecular weight excluding hydrogens is 366 g/mol. The third kappa shape index (κ3) is 2.76. The zero-order chi connectivity index (χ0) is 19.3. The zero-order valence-electron chi connectivity index (χ0n) is 15.2. The molecule has 0 fully saturated rings. The average Bonchev–Trinajstić information content (AvgIpc) is 3.31. The molecule has 0 aliphatic carbocycles. The highest BCUT2D eigenvalue weighted by Gasteiger charge is 2.22. The number of carbonyl (C=O) groups excluding carboxylic acids is 1. The number of carbonyl (C=O) groups is 1. The highest BCUT2D eigenvalue weighted by molar-refractivity contribution is 7.20. The molecule has 0 saturated carbocycles. The minimum atomic E-state index is -0.298. The molecule has 138 valence electrons. The van der Waals surface area contributed by atoms with Gasteiger partial charge in [-0.25, -0.2) is 4.98 Å². The standard InChI is InChI=1S/C18H17N5O3S/c1-8-12-16(24)20-15(11-6-5-7-26-11)21-18(12)27-14(8)17(25)19-13-9(2)22-23(4)10(13)3/h5-7H,1-4H3,(H,19,25)(H,20,21,24). The van der Waals surface area contributed by atoms with Crippen molar-refractivity contribution in [3.63, 3.8) is 0 Å². The van der Waals surface area contributed by atoms with E-state index in [4.69, 9.17) is 4.42 Å². The van der Waals surface area contributed by atoms with E-state index in [1.54, 1.807) is 23.7 Å². The zero-order valence-corrected chi connectivity index (χ0v) is 16.0. The second-order valence-corrected chi connectivity index (χ2v) is 7.25. The van der Waals surface area contributed by atoms with E-state index in [0.717, 1.165) is 11.4 Å². The first-order valence-electron chi connectivity index (χ1n) is 8.25. The van der Waals surface area contributed by atoms with Crippen LogP contribution in [0.2, 0.25) is 0 Å². The van der Waals surface area contributed by atoms with Gasteiger partial charge in [-0.15, -0.1) is 11.3 Å². The predicted molar refractivity (Wildman–Crippen MR) is 103 cm³/mol. The van der Waals surface area contributed by atoms with Crippen molar-refractivity contribution in [2.45, 2.75) is 20.8 Å². The van der Waals surface area contributed by atoms with E-state index in [-0.39, 0.29) is 11.5 Å². The molecule has 9 heteroatoms. The number of anilines is 1. The molecule has 0 aliphatic heterocycles. The Labute approximate surface area is 157 Å². The molecule has 0 atom stereocenters. The van der Waals surface area contributed by atoms with Crippen LogP contribution < -0.4 is 10.9 Å². The topological polar surface area (TPSA) is 106 Å². The summed E-state index contributed by atoms with van der Waals surface area (Å²) in [4.78, 5) is 33.5. The summed E-state index contributed by atoms with van der Waals surface area (Å²) < 4.78 is 7.01. The number of aryl methyl sites for hydroxylation is 3. The Morgan fingerprint density at radius 2 is 2.11 bits per heavy atom. The minimum Gasteiger partial charge on any atom is -0.461 e. The van der Waals surface area contributed by atoms with E-state index < -0.39 is 0 Å². The molecule has 0 radical (unpaired) electrons. The molecule has 4 heterocycles. The normalized spacial score (nSPS) is 11.3. The number of H-pyrrole nitrogens is 1. The van der Waals surface area contributed by atoms with Gasteiger partial charge in [0.1, 0.15) is 4.83 Å². The lowest BCUT2D eigenvalue weighted by atomic mass is 10.2. The van der Waals surface area contributed by atoms with Crippen molar-refractivity contribution in [2.24, 2.45) is 7.05 Å². The van der Waals surface area contributed by atoms with Crippen molar-refractivity contribution >= 4 is 33.1 Å². The summed E-state index contributed by atoms with van der Waals surface area (Å²) in [6.45, 7) is 5.47. The molecule has 0 aromatic carbocycles. The van der Waals surface area contributed by atoms with E-state index in [9.17, 15) is 9.59 Å². The number of furan rings is 1. The Balaban J connectivity index is 1.78. The average molecular weight is 383 g/mol. The number of aromatic nitrogens is 4. The van der Waals surface area contributed by atoms with Gasteiger partial charge in [0.25, 0.3) is 11.5 Å². The number of aromatic amines is 1. The number of nitrogens with zero attached hydrogens (tertiary/aromatic N) is 3. The van der Waals surface area contributed by atoms with E-state index in [2.05, 4.69) is 20.4 Å². The van der Waals surface area contributed by atoms with Crippen LogP contribution in [0.5, 0.6) is 0 Å². The van der Waals surface area contributed by atoms with Gasteiger partial charge in [0, 0.05) is 7.05 Å². The van der Waals surface area contributed by atoms with E-state index >= 15 is 0 Å². The first-order valence-corrected chi connectivity index (χ1v) is 9.07. The predicted octanol–water partition coefficient (Wildman–Crippen LogP) is 3.16. The Morgan fingerprint density at radius 1 is 1.33 bits per heavy atom. The summed E-state index contributed by atoms with van der Waals surface area (Å²) in [5, 5.41) is 7.63. The highest BCUT2D eigenvalue weighted by atomic mass is 32.1. The van der Waals surface area contributed by atoms with Crippen LogP contribution in [0.25, 0.3) is 21.8 Å². The Kier molecular flexibility index (Phi) is 3.96. The quantitative estimate of drug-likeness (QED) is 0.565. The van der Waals surface area contributed by atoms with Gasteiger partial charge in [0.05, 0.1) is 33.6 Å². The molecule has 8 nitrogen and oxygen atoms in total. The van der Waals surface area contributed by atoms with Crippen LogP contribution in [0, 0.1) is 20.8 Å². The second kappa shape index (κ2) is 6.20. The molecular formula is C18H17N5O3S. The number of nitrogens with one attached hydrogen (secondary N) is 2. The minimum absolute atomic E-state index is 0.284. The summed E-state index contributed by atoms with van der Waals surface area (Å²) in [5.41, 5.74) is 2.57. The fourth-order valence-corrected chi connectivity index (χ4v) is 4.09. The van der Waals surface area contributed by atoms with Gasteiger partial charge >= 0.3 is 0 Å². The van der Waals surface area contributed by atoms with Crippen LogP contribution in [0.1, 0.15) is 26.6 Å². The maximum absolute atomic E-state index is 12.8. The number of thiophene rings is 1. The lowest BCUT2D eigenvalue weighted by Gasteiger charge is -2.04. The Bertz CT molecular complexity index is 1230. The van der Waals surface area contributed by atoms with Crippen molar-refractivity contribution in [1.29, 1.82) is 0 Å². The fraction of sp³-hybridized carbons (Fsp3) is 0.222. The number of hydrogen-bond acceptors (Lipinski definition) is 6. The maximum Gasteiger partial charge on any atom is 0.266 e. The van der Waals surface area contributed by atoms with Crippen molar-refractivity contribution < 1.29 is 9.21 Å². The van der Waals surface area contributed by atoms with Crippen LogP contribution >= 0.6 is 11.3 Å². The third-order valence-corrected chi connectivity index (χ3v) is 5.69. The summed E-state index contributed by atoms with van der Waals surface area (Å²) in [7, 11) is 1.82. The van der Waals surface area contributed by atoms with Gasteiger partial charge in [0.2, 0.25) is 0 Å². The van der Waals surface area contributed by atoms with Gasteiger partial charge < -0.3 is 14.7 Å². The molecule has 0 unspecified atom stereocenters. The molecule has 2 N–H and O–H groups in total. The fourth-order valence-electron chi connectivity index (χ4n) is 3.02. The lowest BCUT2D eigenvalue weighted by molar-refractivity contribution is 0.103. The molecule has 0 aliphatic rings. The Morgan fingerprint density at radius 3 is 2.74 bits per heavy atom. The van der Waals surface area contributed by atoms with Crippen molar-refractivity contribution in [3.05, 3.63) is 50.6 Å². The summed E-state index contributed by atoms with van der Waals surface area (Å²) in [6, 6.07) is 3.43. The Hall–Kier alpha value is -3.20. The van der Waals surface area contributed by atoms with Crippen LogP contribution in [-0.2, 0) is 7.05 Å². The SMILES string of the molecule is Cc1nn(C)c(C)c1NC(=O)c1sc2nc(-c3ccco3)[nH]c(=O)c2c1C. The number of rotatable bonds is 3. The van der Waals surface area contributed by atoms with Crippen molar-refractivity contribution in [3.8, 4) is 11.6 Å². The van der Waals surface area contributed by atoms with E-state index in [1.807, 2.05) is 20.9 Å². The van der Waals surface area contributed by atoms with Gasteiger partial charge in [-0.1, -0.05) is 0 Å².